The van der Waals surface area contributed by atoms with Crippen LogP contribution < -0.4 is 0 Å². The van der Waals surface area contributed by atoms with Gasteiger partial charge in [-0.05, 0) is 51.9 Å². The Bertz CT molecular complexity index is 369. The molecule has 1 saturated carbocycles. The van der Waals surface area contributed by atoms with E-state index >= 15 is 0 Å². The molecule has 1 aliphatic carbocycles. The van der Waals surface area contributed by atoms with Gasteiger partial charge in [0, 0.05) is 12.2 Å². The summed E-state index contributed by atoms with van der Waals surface area (Å²) in [4.78, 5) is 22.0. The van der Waals surface area contributed by atoms with E-state index in [-0.39, 0.29) is 18.0 Å². The SMILES string of the molecule is C=C(C)C(=O)OCCCCCCOC1CCC(C(=O)O)CC1. The number of rotatable bonds is 10. The van der Waals surface area contributed by atoms with Crippen molar-refractivity contribution in [2.24, 2.45) is 5.92 Å². The second-order valence-corrected chi connectivity index (χ2v) is 6.01. The molecule has 0 amide bonds. The third-order valence-electron chi connectivity index (χ3n) is 4.00. The number of hydrogen-bond acceptors (Lipinski definition) is 4. The number of aliphatic carboxylic acids is 1. The Labute approximate surface area is 132 Å². The zero-order valence-electron chi connectivity index (χ0n) is 13.5. The summed E-state index contributed by atoms with van der Waals surface area (Å²) in [7, 11) is 0. The van der Waals surface area contributed by atoms with E-state index in [1.165, 1.54) is 0 Å². The molecule has 0 bridgehead atoms. The van der Waals surface area contributed by atoms with E-state index in [2.05, 4.69) is 6.58 Å². The second kappa shape index (κ2) is 10.4. The van der Waals surface area contributed by atoms with E-state index in [1.54, 1.807) is 6.92 Å². The van der Waals surface area contributed by atoms with E-state index in [4.69, 9.17) is 14.6 Å². The molecule has 0 saturated heterocycles. The summed E-state index contributed by atoms with van der Waals surface area (Å²) >= 11 is 0. The van der Waals surface area contributed by atoms with Crippen LogP contribution >= 0.6 is 0 Å². The summed E-state index contributed by atoms with van der Waals surface area (Å²) in [6, 6.07) is 0. The minimum Gasteiger partial charge on any atom is -0.481 e. The van der Waals surface area contributed by atoms with Gasteiger partial charge in [-0.25, -0.2) is 4.79 Å². The number of carboxylic acid groups (broad SMARTS) is 1. The summed E-state index contributed by atoms with van der Waals surface area (Å²) in [5.41, 5.74) is 0.436. The number of carbonyl (C=O) groups excluding carboxylic acids is 1. The van der Waals surface area contributed by atoms with Crippen LogP contribution in [0.1, 0.15) is 58.3 Å². The van der Waals surface area contributed by atoms with Crippen molar-refractivity contribution in [2.75, 3.05) is 13.2 Å². The van der Waals surface area contributed by atoms with Crippen LogP contribution in [0.15, 0.2) is 12.2 Å². The standard InChI is InChI=1S/C17H28O5/c1-13(2)17(20)22-12-6-4-3-5-11-21-15-9-7-14(8-10-15)16(18)19/h14-15H,1,3-12H2,2H3,(H,18,19). The van der Waals surface area contributed by atoms with Gasteiger partial charge in [-0.1, -0.05) is 13.0 Å². The summed E-state index contributed by atoms with van der Waals surface area (Å²) in [6.45, 7) is 6.35. The molecule has 0 aromatic carbocycles. The van der Waals surface area contributed by atoms with Crippen LogP contribution in [0.5, 0.6) is 0 Å². The average molecular weight is 312 g/mol. The highest BCUT2D eigenvalue weighted by molar-refractivity contribution is 5.86. The predicted octanol–water partition coefficient (Wildman–Crippen LogP) is 3.33. The van der Waals surface area contributed by atoms with Crippen LogP contribution in [0.3, 0.4) is 0 Å². The Balaban J connectivity index is 1.91. The first-order valence-corrected chi connectivity index (χ1v) is 8.17. The van der Waals surface area contributed by atoms with Crippen molar-refractivity contribution in [1.82, 2.24) is 0 Å². The minimum absolute atomic E-state index is 0.179. The Morgan fingerprint density at radius 3 is 2.18 bits per heavy atom. The van der Waals surface area contributed by atoms with Crippen LogP contribution in [-0.4, -0.2) is 36.4 Å². The van der Waals surface area contributed by atoms with Crippen molar-refractivity contribution in [3.8, 4) is 0 Å². The topological polar surface area (TPSA) is 72.8 Å². The summed E-state index contributed by atoms with van der Waals surface area (Å²) in [5, 5.41) is 8.93. The van der Waals surface area contributed by atoms with E-state index in [9.17, 15) is 9.59 Å². The molecule has 1 N–H and O–H groups in total. The Hall–Kier alpha value is -1.36. The number of ether oxygens (including phenoxy) is 2. The molecule has 0 aromatic heterocycles. The van der Waals surface area contributed by atoms with Crippen LogP contribution in [0.4, 0.5) is 0 Å². The molecule has 0 atom stereocenters. The lowest BCUT2D eigenvalue weighted by Crippen LogP contribution is -2.26. The average Bonchev–Trinajstić information content (AvgIpc) is 2.50. The van der Waals surface area contributed by atoms with Crippen molar-refractivity contribution < 1.29 is 24.2 Å². The van der Waals surface area contributed by atoms with Gasteiger partial charge >= 0.3 is 11.9 Å². The molecule has 1 fully saturated rings. The molecular weight excluding hydrogens is 284 g/mol. The van der Waals surface area contributed by atoms with Gasteiger partial charge in [0.1, 0.15) is 0 Å². The third-order valence-corrected chi connectivity index (χ3v) is 4.00. The van der Waals surface area contributed by atoms with Crippen LogP contribution in [0.25, 0.3) is 0 Å². The highest BCUT2D eigenvalue weighted by Crippen LogP contribution is 2.26. The van der Waals surface area contributed by atoms with Crippen LogP contribution in [-0.2, 0) is 19.1 Å². The Morgan fingerprint density at radius 2 is 1.64 bits per heavy atom. The fraction of sp³-hybridized carbons (Fsp3) is 0.765. The highest BCUT2D eigenvalue weighted by atomic mass is 16.5. The normalized spacial score (nSPS) is 21.3. The zero-order chi connectivity index (χ0) is 16.4. The van der Waals surface area contributed by atoms with Crippen molar-refractivity contribution in [1.29, 1.82) is 0 Å². The van der Waals surface area contributed by atoms with Crippen LogP contribution in [0.2, 0.25) is 0 Å². The molecule has 126 valence electrons. The maximum absolute atomic E-state index is 11.1. The first kappa shape index (κ1) is 18.7. The lowest BCUT2D eigenvalue weighted by Gasteiger charge is -2.26. The fourth-order valence-corrected chi connectivity index (χ4v) is 2.57. The van der Waals surface area contributed by atoms with Crippen molar-refractivity contribution in [3.05, 3.63) is 12.2 Å². The molecule has 0 heterocycles. The number of carboxylic acids is 1. The molecular formula is C17H28O5. The molecule has 1 rings (SSSR count). The Morgan fingerprint density at radius 1 is 1.05 bits per heavy atom. The summed E-state index contributed by atoms with van der Waals surface area (Å²) in [5.74, 6) is -1.17. The highest BCUT2D eigenvalue weighted by Gasteiger charge is 2.25. The lowest BCUT2D eigenvalue weighted by atomic mass is 9.87. The quantitative estimate of drug-likeness (QED) is 0.380. The van der Waals surface area contributed by atoms with E-state index in [0.717, 1.165) is 58.0 Å². The summed E-state index contributed by atoms with van der Waals surface area (Å²) < 4.78 is 10.8. The van der Waals surface area contributed by atoms with Gasteiger partial charge in [0.05, 0.1) is 18.6 Å². The predicted molar refractivity (Wildman–Crippen MR) is 83.6 cm³/mol. The largest absolute Gasteiger partial charge is 0.481 e. The zero-order valence-corrected chi connectivity index (χ0v) is 13.5. The first-order valence-electron chi connectivity index (χ1n) is 8.17. The van der Waals surface area contributed by atoms with Gasteiger partial charge in [-0.3, -0.25) is 4.79 Å². The number of unbranched alkanes of at least 4 members (excludes halogenated alkanes) is 3. The molecule has 0 aromatic rings. The fourth-order valence-electron chi connectivity index (χ4n) is 2.57. The number of carbonyl (C=O) groups is 2. The van der Waals surface area contributed by atoms with E-state index in [1.807, 2.05) is 0 Å². The van der Waals surface area contributed by atoms with Gasteiger partial charge in [-0.15, -0.1) is 0 Å². The lowest BCUT2D eigenvalue weighted by molar-refractivity contribution is -0.144. The molecule has 0 aliphatic heterocycles. The molecule has 0 spiro atoms. The van der Waals surface area contributed by atoms with Gasteiger partial charge in [0.25, 0.3) is 0 Å². The van der Waals surface area contributed by atoms with E-state index in [0.29, 0.717) is 12.2 Å². The number of hydrogen-bond donors (Lipinski definition) is 1. The second-order valence-electron chi connectivity index (χ2n) is 6.01. The van der Waals surface area contributed by atoms with Crippen LogP contribution in [0, 0.1) is 5.92 Å². The van der Waals surface area contributed by atoms with Crippen molar-refractivity contribution >= 4 is 11.9 Å². The van der Waals surface area contributed by atoms with E-state index < -0.39 is 5.97 Å². The van der Waals surface area contributed by atoms with Crippen molar-refractivity contribution in [2.45, 2.75) is 64.4 Å². The maximum atomic E-state index is 11.1. The minimum atomic E-state index is -0.675. The first-order chi connectivity index (χ1) is 10.5. The van der Waals surface area contributed by atoms with Crippen molar-refractivity contribution in [3.63, 3.8) is 0 Å². The molecule has 22 heavy (non-hydrogen) atoms. The molecule has 5 nitrogen and oxygen atoms in total. The number of esters is 1. The van der Waals surface area contributed by atoms with Gasteiger partial charge in [0.2, 0.25) is 0 Å². The molecule has 1 aliphatic rings. The Kier molecular flexibility index (Phi) is 8.82. The summed E-state index contributed by atoms with van der Waals surface area (Å²) in [6.07, 6.45) is 7.32. The molecule has 0 unspecified atom stereocenters. The molecule has 0 radical (unpaired) electrons. The van der Waals surface area contributed by atoms with Gasteiger partial charge in [0.15, 0.2) is 0 Å². The molecule has 5 heteroatoms. The van der Waals surface area contributed by atoms with Gasteiger partial charge < -0.3 is 14.6 Å². The third kappa shape index (κ3) is 7.59. The smallest absolute Gasteiger partial charge is 0.333 e. The van der Waals surface area contributed by atoms with Gasteiger partial charge in [-0.2, -0.15) is 0 Å². The maximum Gasteiger partial charge on any atom is 0.333 e. The monoisotopic (exact) mass is 312 g/mol.